The molecule has 0 amide bonds. The summed E-state index contributed by atoms with van der Waals surface area (Å²) in [5.74, 6) is 0.729. The molecular weight excluding hydrogens is 220 g/mol. The Kier molecular flexibility index (Phi) is 6.13. The molecular formula is C16H34N2. The fourth-order valence-corrected chi connectivity index (χ4v) is 2.87. The zero-order valence-electron chi connectivity index (χ0n) is 13.2. The van der Waals surface area contributed by atoms with Gasteiger partial charge in [0, 0.05) is 13.1 Å². The lowest BCUT2D eigenvalue weighted by molar-refractivity contribution is 0.170. The van der Waals surface area contributed by atoms with Crippen LogP contribution in [0.2, 0.25) is 0 Å². The summed E-state index contributed by atoms with van der Waals surface area (Å²) in [5, 5.41) is 7.34. The molecule has 0 spiro atoms. The second kappa shape index (κ2) is 6.91. The first-order valence-corrected chi connectivity index (χ1v) is 7.81. The van der Waals surface area contributed by atoms with Crippen molar-refractivity contribution in [3.05, 3.63) is 0 Å². The van der Waals surface area contributed by atoms with Crippen molar-refractivity contribution in [1.82, 2.24) is 10.6 Å². The summed E-state index contributed by atoms with van der Waals surface area (Å²) in [6.45, 7) is 16.4. The van der Waals surface area contributed by atoms with Crippen molar-refractivity contribution >= 4 is 0 Å². The predicted octanol–water partition coefficient (Wildman–Crippen LogP) is 3.43. The van der Waals surface area contributed by atoms with Gasteiger partial charge in [-0.1, -0.05) is 41.0 Å². The van der Waals surface area contributed by atoms with E-state index in [1.165, 1.54) is 45.3 Å². The average Bonchev–Trinajstić information content (AvgIpc) is 2.29. The van der Waals surface area contributed by atoms with Crippen LogP contribution >= 0.6 is 0 Å². The van der Waals surface area contributed by atoms with Crippen LogP contribution < -0.4 is 10.6 Å². The van der Waals surface area contributed by atoms with E-state index in [2.05, 4.69) is 45.3 Å². The smallest absolute Gasteiger partial charge is 0.00201 e. The molecule has 2 heteroatoms. The normalized spacial score (nSPS) is 27.2. The van der Waals surface area contributed by atoms with Crippen LogP contribution in [-0.2, 0) is 0 Å². The minimum absolute atomic E-state index is 0.412. The Morgan fingerprint density at radius 1 is 1.33 bits per heavy atom. The van der Waals surface area contributed by atoms with Crippen LogP contribution in [0.4, 0.5) is 0 Å². The van der Waals surface area contributed by atoms with Gasteiger partial charge in [-0.15, -0.1) is 0 Å². The summed E-state index contributed by atoms with van der Waals surface area (Å²) in [6.07, 6.45) is 5.40. The number of nitrogens with one attached hydrogen (secondary N) is 2. The van der Waals surface area contributed by atoms with Crippen molar-refractivity contribution < 1.29 is 0 Å². The Balaban J connectivity index is 2.38. The number of hydrogen-bond donors (Lipinski definition) is 2. The molecule has 108 valence electrons. The predicted molar refractivity (Wildman–Crippen MR) is 80.9 cm³/mol. The quantitative estimate of drug-likeness (QED) is 0.759. The van der Waals surface area contributed by atoms with Crippen LogP contribution in [0.5, 0.6) is 0 Å². The molecule has 0 saturated carbocycles. The first-order chi connectivity index (χ1) is 8.40. The van der Waals surface area contributed by atoms with E-state index in [1.54, 1.807) is 0 Å². The molecule has 1 rings (SSSR count). The summed E-state index contributed by atoms with van der Waals surface area (Å²) < 4.78 is 0. The standard InChI is InChI=1S/C16H34N2/c1-6-8-16(9-7-10-17-12-16)13-18-11-14(2)15(3,4)5/h14,17-18H,6-13H2,1-5H3. The first kappa shape index (κ1) is 16.0. The summed E-state index contributed by atoms with van der Waals surface area (Å²) in [6, 6.07) is 0. The lowest BCUT2D eigenvalue weighted by Crippen LogP contribution is -2.47. The minimum atomic E-state index is 0.412. The van der Waals surface area contributed by atoms with E-state index in [4.69, 9.17) is 0 Å². The maximum absolute atomic E-state index is 3.75. The second-order valence-electron chi connectivity index (χ2n) is 7.43. The SMILES string of the molecule is CCCC1(CNCC(C)C(C)(C)C)CCCNC1. The minimum Gasteiger partial charge on any atom is -0.316 e. The Hall–Kier alpha value is -0.0800. The Morgan fingerprint density at radius 3 is 2.56 bits per heavy atom. The van der Waals surface area contributed by atoms with E-state index in [9.17, 15) is 0 Å². The van der Waals surface area contributed by atoms with Gasteiger partial charge in [0.1, 0.15) is 0 Å². The largest absolute Gasteiger partial charge is 0.316 e. The third-order valence-corrected chi connectivity index (χ3v) is 4.77. The van der Waals surface area contributed by atoms with Crippen LogP contribution in [0.15, 0.2) is 0 Å². The summed E-state index contributed by atoms with van der Waals surface area (Å²) in [5.41, 5.74) is 0.931. The van der Waals surface area contributed by atoms with Crippen molar-refractivity contribution in [2.45, 2.75) is 60.3 Å². The van der Waals surface area contributed by atoms with Crippen molar-refractivity contribution in [3.63, 3.8) is 0 Å². The topological polar surface area (TPSA) is 24.1 Å². The molecule has 1 fully saturated rings. The molecule has 1 saturated heterocycles. The highest BCUT2D eigenvalue weighted by Crippen LogP contribution is 2.31. The van der Waals surface area contributed by atoms with Crippen LogP contribution in [-0.4, -0.2) is 26.2 Å². The van der Waals surface area contributed by atoms with Crippen LogP contribution in [0, 0.1) is 16.7 Å². The summed E-state index contributed by atoms with van der Waals surface area (Å²) in [7, 11) is 0. The maximum atomic E-state index is 3.75. The molecule has 0 bridgehead atoms. The van der Waals surface area contributed by atoms with Gasteiger partial charge in [0.2, 0.25) is 0 Å². The van der Waals surface area contributed by atoms with Crippen molar-refractivity contribution in [2.24, 2.45) is 16.7 Å². The van der Waals surface area contributed by atoms with Crippen molar-refractivity contribution in [3.8, 4) is 0 Å². The second-order valence-corrected chi connectivity index (χ2v) is 7.43. The summed E-state index contributed by atoms with van der Waals surface area (Å²) >= 11 is 0. The van der Waals surface area contributed by atoms with Gasteiger partial charge in [-0.2, -0.15) is 0 Å². The van der Waals surface area contributed by atoms with Gasteiger partial charge in [0.15, 0.2) is 0 Å². The van der Waals surface area contributed by atoms with Gasteiger partial charge >= 0.3 is 0 Å². The van der Waals surface area contributed by atoms with E-state index in [1.807, 2.05) is 0 Å². The van der Waals surface area contributed by atoms with Gasteiger partial charge in [-0.25, -0.2) is 0 Å². The number of rotatable bonds is 6. The monoisotopic (exact) mass is 254 g/mol. The fourth-order valence-electron chi connectivity index (χ4n) is 2.87. The van der Waals surface area contributed by atoms with E-state index >= 15 is 0 Å². The Bertz CT molecular complexity index is 218. The summed E-state index contributed by atoms with van der Waals surface area (Å²) in [4.78, 5) is 0. The molecule has 0 radical (unpaired) electrons. The zero-order chi connectivity index (χ0) is 13.6. The highest BCUT2D eigenvalue weighted by Gasteiger charge is 2.31. The Labute approximate surface area is 114 Å². The molecule has 1 aliphatic heterocycles. The van der Waals surface area contributed by atoms with Gasteiger partial charge in [0.05, 0.1) is 0 Å². The highest BCUT2D eigenvalue weighted by atomic mass is 14.9. The number of piperidine rings is 1. The lowest BCUT2D eigenvalue weighted by Gasteiger charge is -2.39. The molecule has 2 N–H and O–H groups in total. The van der Waals surface area contributed by atoms with Crippen LogP contribution in [0.3, 0.4) is 0 Å². The molecule has 0 aromatic rings. The molecule has 1 aliphatic rings. The first-order valence-electron chi connectivity index (χ1n) is 7.81. The van der Waals surface area contributed by atoms with Crippen molar-refractivity contribution in [1.29, 1.82) is 0 Å². The molecule has 2 unspecified atom stereocenters. The molecule has 2 nitrogen and oxygen atoms in total. The van der Waals surface area contributed by atoms with Crippen LogP contribution in [0.25, 0.3) is 0 Å². The molecule has 0 aromatic heterocycles. The van der Waals surface area contributed by atoms with Crippen LogP contribution in [0.1, 0.15) is 60.3 Å². The third-order valence-electron chi connectivity index (χ3n) is 4.77. The number of hydrogen-bond acceptors (Lipinski definition) is 2. The van der Waals surface area contributed by atoms with Gasteiger partial charge in [-0.3, -0.25) is 0 Å². The highest BCUT2D eigenvalue weighted by molar-refractivity contribution is 4.87. The molecule has 0 aromatic carbocycles. The average molecular weight is 254 g/mol. The van der Waals surface area contributed by atoms with Gasteiger partial charge in [0.25, 0.3) is 0 Å². The van der Waals surface area contributed by atoms with Gasteiger partial charge in [-0.05, 0) is 49.1 Å². The third kappa shape index (κ3) is 4.89. The van der Waals surface area contributed by atoms with E-state index in [0.717, 1.165) is 12.5 Å². The van der Waals surface area contributed by atoms with E-state index in [-0.39, 0.29) is 0 Å². The Morgan fingerprint density at radius 2 is 2.06 bits per heavy atom. The lowest BCUT2D eigenvalue weighted by atomic mass is 9.76. The maximum Gasteiger partial charge on any atom is 0.00201 e. The van der Waals surface area contributed by atoms with Gasteiger partial charge < -0.3 is 10.6 Å². The van der Waals surface area contributed by atoms with E-state index in [0.29, 0.717) is 10.8 Å². The molecule has 1 heterocycles. The molecule has 18 heavy (non-hydrogen) atoms. The molecule has 0 aliphatic carbocycles. The van der Waals surface area contributed by atoms with Crippen molar-refractivity contribution in [2.75, 3.05) is 26.2 Å². The zero-order valence-corrected chi connectivity index (χ0v) is 13.2. The molecule has 2 atom stereocenters. The van der Waals surface area contributed by atoms with E-state index < -0.39 is 0 Å². The fraction of sp³-hybridized carbons (Fsp3) is 1.00.